The van der Waals surface area contributed by atoms with Gasteiger partial charge in [-0.1, -0.05) is 31.5 Å². The average molecular weight is 305 g/mol. The summed E-state index contributed by atoms with van der Waals surface area (Å²) in [5, 5.41) is 11.4. The number of ether oxygens (including phenoxy) is 1. The van der Waals surface area contributed by atoms with Crippen LogP contribution in [0.25, 0.3) is 0 Å². The predicted molar refractivity (Wildman–Crippen MR) is 83.5 cm³/mol. The Morgan fingerprint density at radius 3 is 2.71 bits per heavy atom. The molecule has 0 aliphatic carbocycles. The molecule has 1 aromatic heterocycles. The first-order valence-corrected chi connectivity index (χ1v) is 7.54. The molecule has 0 bridgehead atoms. The first-order chi connectivity index (χ1) is 9.83. The van der Waals surface area contributed by atoms with Gasteiger partial charge in [0.2, 0.25) is 0 Å². The quantitative estimate of drug-likeness (QED) is 0.915. The van der Waals surface area contributed by atoms with Crippen LogP contribution >= 0.6 is 11.3 Å². The minimum absolute atomic E-state index is 0.110. The normalized spacial score (nSPS) is 11.4. The van der Waals surface area contributed by atoms with E-state index >= 15 is 0 Å². The van der Waals surface area contributed by atoms with E-state index in [-0.39, 0.29) is 11.1 Å². The molecule has 1 N–H and O–H groups in total. The highest BCUT2D eigenvalue weighted by Gasteiger charge is 2.27. The molecule has 0 aliphatic rings. The van der Waals surface area contributed by atoms with E-state index in [9.17, 15) is 4.79 Å². The highest BCUT2D eigenvalue weighted by molar-refractivity contribution is 7.10. The molecule has 0 atom stereocenters. The van der Waals surface area contributed by atoms with Crippen LogP contribution < -0.4 is 4.74 Å². The largest absolute Gasteiger partial charge is 0.496 e. The summed E-state index contributed by atoms with van der Waals surface area (Å²) >= 11 is 1.39. The van der Waals surface area contributed by atoms with E-state index in [1.54, 1.807) is 12.5 Å². The fourth-order valence-corrected chi connectivity index (χ4v) is 3.20. The molecule has 0 aliphatic heterocycles. The number of thiazole rings is 1. The number of hydrogen-bond acceptors (Lipinski definition) is 4. The molecule has 0 saturated carbocycles. The molecule has 0 unspecified atom stereocenters. The van der Waals surface area contributed by atoms with Crippen LogP contribution in [0.5, 0.6) is 5.75 Å². The van der Waals surface area contributed by atoms with Gasteiger partial charge >= 0.3 is 5.97 Å². The van der Waals surface area contributed by atoms with Crippen LogP contribution in [-0.4, -0.2) is 23.2 Å². The maximum atomic E-state index is 11.0. The summed E-state index contributed by atoms with van der Waals surface area (Å²) in [4.78, 5) is 15.2. The highest BCUT2D eigenvalue weighted by Crippen LogP contribution is 2.33. The van der Waals surface area contributed by atoms with Gasteiger partial charge in [0.05, 0.1) is 12.1 Å². The van der Waals surface area contributed by atoms with E-state index in [4.69, 9.17) is 9.84 Å². The summed E-state index contributed by atoms with van der Waals surface area (Å²) in [5.74, 6) is -0.134. The molecule has 1 heterocycles. The second-order valence-electron chi connectivity index (χ2n) is 5.72. The first-order valence-electron chi connectivity index (χ1n) is 6.66. The number of nitrogens with zero attached hydrogens (tertiary/aromatic N) is 1. The van der Waals surface area contributed by atoms with Gasteiger partial charge in [-0.3, -0.25) is 0 Å². The van der Waals surface area contributed by atoms with Gasteiger partial charge in [-0.25, -0.2) is 9.78 Å². The van der Waals surface area contributed by atoms with Crippen molar-refractivity contribution in [3.05, 3.63) is 45.4 Å². The van der Waals surface area contributed by atoms with Crippen molar-refractivity contribution in [2.24, 2.45) is 0 Å². The fourth-order valence-electron chi connectivity index (χ4n) is 2.28. The van der Waals surface area contributed by atoms with Gasteiger partial charge in [0.15, 0.2) is 5.69 Å². The maximum absolute atomic E-state index is 11.0. The van der Waals surface area contributed by atoms with E-state index in [1.165, 1.54) is 16.9 Å². The Labute approximate surface area is 128 Å². The van der Waals surface area contributed by atoms with Crippen molar-refractivity contribution in [3.8, 4) is 5.75 Å². The number of carbonyl (C=O) groups is 1. The molecule has 0 spiro atoms. The molecular formula is C16H19NO3S. The van der Waals surface area contributed by atoms with Crippen LogP contribution in [0.3, 0.4) is 0 Å². The molecule has 2 rings (SSSR count). The second-order valence-corrected chi connectivity index (χ2v) is 6.58. The molecule has 0 saturated heterocycles. The van der Waals surface area contributed by atoms with E-state index in [0.717, 1.165) is 22.7 Å². The van der Waals surface area contributed by atoms with Crippen molar-refractivity contribution in [1.29, 1.82) is 0 Å². The van der Waals surface area contributed by atoms with E-state index < -0.39 is 5.97 Å². The van der Waals surface area contributed by atoms with Crippen LogP contribution in [0, 0.1) is 6.92 Å². The third-order valence-corrected chi connectivity index (χ3v) is 4.58. The standard InChI is InChI=1S/C16H19NO3S/c1-10-5-6-13(20-4)11(7-10)8-16(2,3)15-17-12(9-21-15)14(18)19/h5-7,9H,8H2,1-4H3,(H,18,19). The predicted octanol–water partition coefficient (Wildman–Crippen LogP) is 3.68. The smallest absolute Gasteiger partial charge is 0.355 e. The zero-order valence-electron chi connectivity index (χ0n) is 12.6. The van der Waals surface area contributed by atoms with Crippen molar-refractivity contribution in [1.82, 2.24) is 4.98 Å². The van der Waals surface area contributed by atoms with Crippen LogP contribution in [0.4, 0.5) is 0 Å². The number of rotatable bonds is 5. The Hall–Kier alpha value is -1.88. The monoisotopic (exact) mass is 305 g/mol. The summed E-state index contributed by atoms with van der Waals surface area (Å²) in [7, 11) is 1.66. The maximum Gasteiger partial charge on any atom is 0.355 e. The molecule has 0 radical (unpaired) electrons. The lowest BCUT2D eigenvalue weighted by Gasteiger charge is -2.23. The Bertz CT molecular complexity index is 661. The third-order valence-electron chi connectivity index (χ3n) is 3.37. The summed E-state index contributed by atoms with van der Waals surface area (Å²) in [6, 6.07) is 6.08. The van der Waals surface area contributed by atoms with Crippen molar-refractivity contribution < 1.29 is 14.6 Å². The van der Waals surface area contributed by atoms with Gasteiger partial charge in [-0.2, -0.15) is 0 Å². The molecule has 112 valence electrons. The first kappa shape index (κ1) is 15.5. The number of benzene rings is 1. The lowest BCUT2D eigenvalue weighted by molar-refractivity contribution is 0.0691. The number of hydrogen-bond donors (Lipinski definition) is 1. The van der Waals surface area contributed by atoms with Crippen molar-refractivity contribution >= 4 is 17.3 Å². The summed E-state index contributed by atoms with van der Waals surface area (Å²) in [6.45, 7) is 6.18. The van der Waals surface area contributed by atoms with Crippen molar-refractivity contribution in [2.45, 2.75) is 32.6 Å². The number of carboxylic acid groups (broad SMARTS) is 1. The van der Waals surface area contributed by atoms with Crippen LogP contribution in [-0.2, 0) is 11.8 Å². The number of carboxylic acids is 1. The summed E-state index contributed by atoms with van der Waals surface area (Å²) in [6.07, 6.45) is 0.741. The van der Waals surface area contributed by atoms with Gasteiger partial charge in [-0.05, 0) is 25.0 Å². The zero-order valence-corrected chi connectivity index (χ0v) is 13.5. The second kappa shape index (κ2) is 5.85. The molecule has 1 aromatic carbocycles. The summed E-state index contributed by atoms with van der Waals surface area (Å²) < 4.78 is 5.41. The minimum Gasteiger partial charge on any atom is -0.496 e. The number of aromatic carboxylic acids is 1. The molecule has 4 nitrogen and oxygen atoms in total. The Morgan fingerprint density at radius 2 is 2.14 bits per heavy atom. The number of aromatic nitrogens is 1. The van der Waals surface area contributed by atoms with Crippen LogP contribution in [0.2, 0.25) is 0 Å². The van der Waals surface area contributed by atoms with Gasteiger partial charge < -0.3 is 9.84 Å². The molecule has 5 heteroatoms. The Kier molecular flexibility index (Phi) is 4.32. The van der Waals surface area contributed by atoms with E-state index in [0.29, 0.717) is 0 Å². The third kappa shape index (κ3) is 3.42. The number of methoxy groups -OCH3 is 1. The zero-order chi connectivity index (χ0) is 15.6. The van der Waals surface area contributed by atoms with Gasteiger partial charge in [0.1, 0.15) is 5.75 Å². The molecule has 0 amide bonds. The van der Waals surface area contributed by atoms with Crippen molar-refractivity contribution in [3.63, 3.8) is 0 Å². The lowest BCUT2D eigenvalue weighted by Crippen LogP contribution is -2.21. The highest BCUT2D eigenvalue weighted by atomic mass is 32.1. The summed E-state index contributed by atoms with van der Waals surface area (Å²) in [5.41, 5.74) is 2.14. The van der Waals surface area contributed by atoms with E-state index in [2.05, 4.69) is 24.9 Å². The SMILES string of the molecule is COc1ccc(C)cc1CC(C)(C)c1nc(C(=O)O)cs1. The van der Waals surface area contributed by atoms with Crippen LogP contribution in [0.1, 0.15) is 40.5 Å². The fraction of sp³-hybridized carbons (Fsp3) is 0.375. The van der Waals surface area contributed by atoms with E-state index in [1.807, 2.05) is 19.1 Å². The molecule has 2 aromatic rings. The van der Waals surface area contributed by atoms with Gasteiger partial charge in [-0.15, -0.1) is 11.3 Å². The van der Waals surface area contributed by atoms with Gasteiger partial charge in [0, 0.05) is 10.8 Å². The Morgan fingerprint density at radius 1 is 1.43 bits per heavy atom. The lowest BCUT2D eigenvalue weighted by atomic mass is 9.85. The van der Waals surface area contributed by atoms with Crippen molar-refractivity contribution in [2.75, 3.05) is 7.11 Å². The average Bonchev–Trinajstić information content (AvgIpc) is 2.89. The van der Waals surface area contributed by atoms with Crippen LogP contribution in [0.15, 0.2) is 23.6 Å². The topological polar surface area (TPSA) is 59.4 Å². The molecule has 21 heavy (non-hydrogen) atoms. The Balaban J connectivity index is 2.31. The minimum atomic E-state index is -0.985. The molecular weight excluding hydrogens is 286 g/mol. The number of aryl methyl sites for hydroxylation is 1. The van der Waals surface area contributed by atoms with Gasteiger partial charge in [0.25, 0.3) is 0 Å². The molecule has 0 fully saturated rings.